The largest absolute Gasteiger partial charge is 0.550 e. The van der Waals surface area contributed by atoms with E-state index in [2.05, 4.69) is 5.32 Å². The third kappa shape index (κ3) is 11.9. The minimum absolute atomic E-state index is 0.0644. The maximum Gasteiger partial charge on any atom is 0.306 e. The van der Waals surface area contributed by atoms with Gasteiger partial charge in [-0.15, -0.1) is 11.3 Å². The highest BCUT2D eigenvalue weighted by Gasteiger charge is 2.32. The van der Waals surface area contributed by atoms with E-state index in [4.69, 9.17) is 25.1 Å². The van der Waals surface area contributed by atoms with Gasteiger partial charge in [-0.05, 0) is 31.0 Å². The number of aliphatic carboxylic acids is 1. The molecule has 3 aromatic rings. The molecule has 0 aliphatic carbocycles. The summed E-state index contributed by atoms with van der Waals surface area (Å²) in [5.41, 5.74) is 0.726. The number of halogens is 2. The van der Waals surface area contributed by atoms with Gasteiger partial charge in [0, 0.05) is 74.2 Å². The number of likely N-dealkylation sites (tertiary alicyclic amines) is 1. The molecule has 1 fully saturated rings. The third-order valence-electron chi connectivity index (χ3n) is 10.2. The van der Waals surface area contributed by atoms with Crippen LogP contribution in [-0.2, 0) is 46.6 Å². The van der Waals surface area contributed by atoms with Crippen LogP contribution in [-0.4, -0.2) is 129 Å². The Bertz CT molecular complexity index is 2270. The highest BCUT2D eigenvalue weighted by atomic mass is 32.1. The molecule has 1 saturated heterocycles. The molecule has 20 heteroatoms. The van der Waals surface area contributed by atoms with E-state index in [1.165, 1.54) is 31.3 Å². The van der Waals surface area contributed by atoms with Gasteiger partial charge in [-0.2, -0.15) is 0 Å². The van der Waals surface area contributed by atoms with Crippen LogP contribution < -0.4 is 29.4 Å². The number of fused-ring (bicyclic) bond motifs is 2. The first kappa shape index (κ1) is 45.6. The number of quaternary nitrogens is 1. The third-order valence-corrected chi connectivity index (χ3v) is 11.3. The number of carboxylic acids is 1. The molecule has 336 valence electrons. The van der Waals surface area contributed by atoms with E-state index < -0.39 is 78.5 Å². The fourth-order valence-corrected chi connectivity index (χ4v) is 8.10. The number of esters is 1. The highest BCUT2D eigenvalue weighted by Crippen LogP contribution is 2.41. The van der Waals surface area contributed by atoms with Crippen LogP contribution in [0.3, 0.4) is 0 Å². The van der Waals surface area contributed by atoms with Crippen LogP contribution in [0.5, 0.6) is 23.0 Å². The average molecular weight is 891 g/mol. The number of methoxy groups -OCH3 is 2. The first-order valence-electron chi connectivity index (χ1n) is 20.4. The molecular formula is C42H50F2N4O13S. The summed E-state index contributed by atoms with van der Waals surface area (Å²) >= 11 is 1.03. The molecule has 2 aliphatic heterocycles. The van der Waals surface area contributed by atoms with E-state index in [1.807, 2.05) is 14.1 Å². The number of carboxylic acid groups (broad SMARTS) is 1. The zero-order chi connectivity index (χ0) is 46.2. The minimum atomic E-state index is -1.36. The Morgan fingerprint density at radius 3 is 2.26 bits per heavy atom. The zero-order valence-corrected chi connectivity index (χ0v) is 35.9. The second-order valence-electron chi connectivity index (χ2n) is 15.4. The monoisotopic (exact) mass is 890 g/mol. The van der Waals surface area contributed by atoms with E-state index >= 15 is 8.78 Å². The normalized spacial score (nSPS) is 15.6. The number of likely N-dealkylation sites (N-methyl/N-ethyl adjacent to an activating group) is 1. The summed E-state index contributed by atoms with van der Waals surface area (Å²) in [6.45, 7) is 2.15. The predicted octanol–water partition coefficient (Wildman–Crippen LogP) is 2.65. The molecule has 5 rings (SSSR count). The molecule has 1 N–H and O–H groups in total. The lowest BCUT2D eigenvalue weighted by Gasteiger charge is -2.32. The molecule has 1 aromatic heterocycles. The van der Waals surface area contributed by atoms with Crippen LogP contribution in [0.1, 0.15) is 74.0 Å². The lowest BCUT2D eigenvalue weighted by molar-refractivity contribution is -0.891. The maximum atomic E-state index is 15.9. The van der Waals surface area contributed by atoms with E-state index in [0.29, 0.717) is 27.8 Å². The first-order chi connectivity index (χ1) is 29.8. The van der Waals surface area contributed by atoms with Gasteiger partial charge < -0.3 is 48.3 Å². The number of rotatable bonds is 23. The number of carbonyl (C=O) groups excluding carboxylic acids is 7. The number of amides is 4. The standard InChI is InChI=1S/C42H50F2N4O13S/c1-24(23-48(2,3)14-13-45-33(50)22-47-35(52)8-9-36(47)53)61-38(56)12-7-28(49)32-18-26-31(62-32)19-30(58-5)42(39(26)43)60-16-6-15-59-41-29(57-4)17-25-20-46(21-27(25)40(41)44)34(51)10-11-37(54)55/h17-19,24H,6-16,20-23H2,1-5H3,(H-,45,50,54,55)/t24-/m0/s1/i8T/t8?,24-. The van der Waals surface area contributed by atoms with Crippen LogP contribution in [0.25, 0.3) is 10.1 Å². The summed E-state index contributed by atoms with van der Waals surface area (Å²) in [6.07, 6.45) is -2.93. The number of Topliss-reactive ketones (excluding diaryl/α,β-unsaturated/α-hetero) is 1. The molecule has 2 aliphatic rings. The van der Waals surface area contributed by atoms with Gasteiger partial charge in [0.1, 0.15) is 19.2 Å². The smallest absolute Gasteiger partial charge is 0.306 e. The summed E-state index contributed by atoms with van der Waals surface area (Å²) in [6, 6.07) is 4.47. The fraction of sp³-hybridized carbons (Fsp3) is 0.500. The van der Waals surface area contributed by atoms with Gasteiger partial charge in [0.25, 0.3) is 0 Å². The van der Waals surface area contributed by atoms with Crippen molar-refractivity contribution in [2.75, 3.05) is 67.7 Å². The maximum absolute atomic E-state index is 15.9. The molecule has 2 atom stereocenters. The number of nitrogens with zero attached hydrogens (tertiary/aromatic N) is 3. The van der Waals surface area contributed by atoms with Crippen LogP contribution in [0.4, 0.5) is 8.78 Å². The Morgan fingerprint density at radius 1 is 0.935 bits per heavy atom. The highest BCUT2D eigenvalue weighted by molar-refractivity contribution is 7.20. The van der Waals surface area contributed by atoms with Crippen molar-refractivity contribution in [1.82, 2.24) is 15.1 Å². The van der Waals surface area contributed by atoms with Crippen molar-refractivity contribution < 1.29 is 77.0 Å². The Labute approximate surface area is 361 Å². The van der Waals surface area contributed by atoms with E-state index in [9.17, 15) is 38.7 Å². The van der Waals surface area contributed by atoms with E-state index in [-0.39, 0.29) is 104 Å². The summed E-state index contributed by atoms with van der Waals surface area (Å²) in [5.74, 6) is -6.29. The summed E-state index contributed by atoms with van der Waals surface area (Å²) in [4.78, 5) is 87.4. The molecule has 4 amide bonds. The number of hydrogen-bond donors (Lipinski definition) is 1. The second-order valence-corrected chi connectivity index (χ2v) is 16.5. The quantitative estimate of drug-likeness (QED) is 0.0479. The number of benzene rings is 2. The second kappa shape index (κ2) is 20.8. The van der Waals surface area contributed by atoms with Gasteiger partial charge in [-0.3, -0.25) is 33.7 Å². The fourth-order valence-electron chi connectivity index (χ4n) is 7.05. The van der Waals surface area contributed by atoms with Crippen molar-refractivity contribution in [2.24, 2.45) is 0 Å². The number of ether oxygens (including phenoxy) is 5. The molecule has 3 heterocycles. The summed E-state index contributed by atoms with van der Waals surface area (Å²) < 4.78 is 67.5. The molecule has 0 saturated carbocycles. The molecule has 1 unspecified atom stereocenters. The van der Waals surface area contributed by atoms with Gasteiger partial charge >= 0.3 is 5.97 Å². The Kier molecular flexibility index (Phi) is 15.3. The van der Waals surface area contributed by atoms with Crippen LogP contribution >= 0.6 is 11.3 Å². The Morgan fingerprint density at radius 2 is 1.61 bits per heavy atom. The van der Waals surface area contributed by atoms with Crippen LogP contribution in [0, 0.1) is 11.6 Å². The van der Waals surface area contributed by atoms with Crippen molar-refractivity contribution in [2.45, 2.75) is 71.0 Å². The number of ketones is 1. The first-order valence-corrected chi connectivity index (χ1v) is 20.6. The molecule has 62 heavy (non-hydrogen) atoms. The SMILES string of the molecule is [3H]C1CC(=O)N(CC(=O)NCC[N+](C)(C)C[C@H](C)OC(=O)CCC(=O)c2cc3c(F)c(OCCCOc4c(OC)cc5c(c4F)CN(C(=O)CCC(=O)[O-])C5)c(OC)cc3s2)C1=O. The molecule has 0 bridgehead atoms. The topological polar surface area (TPSA) is 207 Å². The predicted molar refractivity (Wildman–Crippen MR) is 215 cm³/mol. The Balaban J connectivity index is 1.07. The van der Waals surface area contributed by atoms with Crippen LogP contribution in [0.2, 0.25) is 0 Å². The number of nitrogens with one attached hydrogen (secondary N) is 1. The number of thiophene rings is 1. The lowest BCUT2D eigenvalue weighted by atomic mass is 10.1. The van der Waals surface area contributed by atoms with Crippen molar-refractivity contribution >= 4 is 62.8 Å². The molecule has 2 aromatic carbocycles. The average Bonchev–Trinajstić information content (AvgIpc) is 3.92. The number of hydrogen-bond acceptors (Lipinski definition) is 14. The van der Waals surface area contributed by atoms with Gasteiger partial charge in [0.05, 0.1) is 65.9 Å². The summed E-state index contributed by atoms with van der Waals surface area (Å²) in [5, 5.41) is 13.5. The number of carbonyl (C=O) groups is 7. The summed E-state index contributed by atoms with van der Waals surface area (Å²) in [7, 11) is 6.40. The van der Waals surface area contributed by atoms with Crippen molar-refractivity contribution in [3.63, 3.8) is 0 Å². The molecule has 0 radical (unpaired) electrons. The minimum Gasteiger partial charge on any atom is -0.550 e. The van der Waals surface area contributed by atoms with E-state index in [0.717, 1.165) is 16.2 Å². The number of imide groups is 1. The van der Waals surface area contributed by atoms with Gasteiger partial charge in [0.2, 0.25) is 23.6 Å². The van der Waals surface area contributed by atoms with Gasteiger partial charge in [-0.1, -0.05) is 0 Å². The Hall–Kier alpha value is -5.89. The molecular weight excluding hydrogens is 839 g/mol. The van der Waals surface area contributed by atoms with Crippen molar-refractivity contribution in [3.05, 3.63) is 45.8 Å². The van der Waals surface area contributed by atoms with Gasteiger partial charge in [-0.25, -0.2) is 8.78 Å². The van der Waals surface area contributed by atoms with E-state index in [1.54, 1.807) is 13.0 Å². The lowest BCUT2D eigenvalue weighted by Crippen LogP contribution is -2.50. The van der Waals surface area contributed by atoms with Crippen LogP contribution in [0.15, 0.2) is 18.2 Å². The molecule has 0 spiro atoms. The molecule has 17 nitrogen and oxygen atoms in total. The zero-order valence-electron chi connectivity index (χ0n) is 36.1. The van der Waals surface area contributed by atoms with Gasteiger partial charge in [0.15, 0.2) is 40.4 Å². The van der Waals surface area contributed by atoms with Crippen molar-refractivity contribution in [3.8, 4) is 23.0 Å². The van der Waals surface area contributed by atoms with Crippen molar-refractivity contribution in [1.29, 1.82) is 0 Å².